The molecule has 28 heavy (non-hydrogen) atoms. The quantitative estimate of drug-likeness (QED) is 0.664. The lowest BCUT2D eigenvalue weighted by molar-refractivity contribution is 0.168. The molecule has 0 radical (unpaired) electrons. The second-order valence-electron chi connectivity index (χ2n) is 8.16. The van der Waals surface area contributed by atoms with Crippen LogP contribution in [-0.4, -0.2) is 42.0 Å². The van der Waals surface area contributed by atoms with Crippen molar-refractivity contribution < 1.29 is 0 Å². The molecule has 0 spiro atoms. The normalized spacial score (nSPS) is 21.4. The van der Waals surface area contributed by atoms with Gasteiger partial charge >= 0.3 is 0 Å². The zero-order valence-electron chi connectivity index (χ0n) is 16.9. The molecular weight excluding hydrogens is 340 g/mol. The molecule has 2 aliphatic heterocycles. The first-order valence-electron chi connectivity index (χ1n) is 11.0. The van der Waals surface area contributed by atoms with Gasteiger partial charge in [-0.05, 0) is 56.3 Å². The Morgan fingerprint density at radius 3 is 2.32 bits per heavy atom. The van der Waals surface area contributed by atoms with E-state index in [-0.39, 0.29) is 6.04 Å². The lowest BCUT2D eigenvalue weighted by atomic mass is 10.0. The maximum absolute atomic E-state index is 3.66. The summed E-state index contributed by atoms with van der Waals surface area (Å²) in [6, 6.07) is 22.5. The van der Waals surface area contributed by atoms with Gasteiger partial charge in [0.1, 0.15) is 0 Å². The van der Waals surface area contributed by atoms with Crippen LogP contribution in [0.3, 0.4) is 0 Å². The molecule has 0 aromatic heterocycles. The maximum Gasteiger partial charge on any atom is 0.0973 e. The van der Waals surface area contributed by atoms with Gasteiger partial charge in [-0.25, -0.2) is 0 Å². The van der Waals surface area contributed by atoms with Gasteiger partial charge in [-0.3, -0.25) is 4.90 Å². The van der Waals surface area contributed by atoms with E-state index in [1.165, 1.54) is 63.0 Å². The van der Waals surface area contributed by atoms with Crippen LogP contribution in [0.1, 0.15) is 49.3 Å². The zero-order chi connectivity index (χ0) is 19.0. The molecule has 2 aliphatic rings. The summed E-state index contributed by atoms with van der Waals surface area (Å²) < 4.78 is 0. The lowest BCUT2D eigenvalue weighted by Gasteiger charge is -2.32. The smallest absolute Gasteiger partial charge is 0.0973 e. The van der Waals surface area contributed by atoms with Crippen molar-refractivity contribution >= 4 is 0 Å². The van der Waals surface area contributed by atoms with E-state index in [1.807, 2.05) is 0 Å². The highest BCUT2D eigenvalue weighted by atomic mass is 15.3. The number of benzene rings is 2. The molecule has 146 valence electrons. The summed E-state index contributed by atoms with van der Waals surface area (Å²) in [5, 5.41) is 0. The average Bonchev–Trinajstić information content (AvgIpc) is 3.42. The third-order valence-corrected chi connectivity index (χ3v) is 6.16. The molecular formula is C26H32N2. The van der Waals surface area contributed by atoms with Gasteiger partial charge in [-0.2, -0.15) is 0 Å². The van der Waals surface area contributed by atoms with Gasteiger partial charge in [0, 0.05) is 25.6 Å². The largest absolute Gasteiger partial charge is 0.302 e. The first-order chi connectivity index (χ1) is 13.9. The fraction of sp³-hybridized carbons (Fsp3) is 0.462. The van der Waals surface area contributed by atoms with E-state index in [9.17, 15) is 0 Å². The molecule has 0 bridgehead atoms. The number of aryl methyl sites for hydroxylation is 1. The van der Waals surface area contributed by atoms with Gasteiger partial charge in [0.25, 0.3) is 0 Å². The number of rotatable bonds is 6. The topological polar surface area (TPSA) is 6.48 Å². The lowest BCUT2D eigenvalue weighted by Crippen LogP contribution is -2.41. The van der Waals surface area contributed by atoms with Crippen LogP contribution < -0.4 is 0 Å². The van der Waals surface area contributed by atoms with Gasteiger partial charge in [0.2, 0.25) is 0 Å². The average molecular weight is 373 g/mol. The predicted molar refractivity (Wildman–Crippen MR) is 117 cm³/mol. The summed E-state index contributed by atoms with van der Waals surface area (Å²) in [6.07, 6.45) is 7.31. The SMILES string of the molecule is C(#CC(c1ccccc1)N1CCCC1CN1CCCC1)CCc1ccccc1. The Bertz CT molecular complexity index is 768. The molecule has 0 amide bonds. The van der Waals surface area contributed by atoms with Crippen molar-refractivity contribution in [3.8, 4) is 11.8 Å². The highest BCUT2D eigenvalue weighted by Gasteiger charge is 2.32. The van der Waals surface area contributed by atoms with Crippen LogP contribution in [0.4, 0.5) is 0 Å². The van der Waals surface area contributed by atoms with Gasteiger partial charge in [-0.15, -0.1) is 5.92 Å². The molecule has 2 aromatic carbocycles. The van der Waals surface area contributed by atoms with Crippen LogP contribution >= 0.6 is 0 Å². The number of likely N-dealkylation sites (tertiary alicyclic amines) is 2. The molecule has 4 rings (SSSR count). The van der Waals surface area contributed by atoms with Crippen molar-refractivity contribution in [2.45, 2.75) is 50.6 Å². The van der Waals surface area contributed by atoms with E-state index < -0.39 is 0 Å². The van der Waals surface area contributed by atoms with Crippen molar-refractivity contribution in [2.24, 2.45) is 0 Å². The van der Waals surface area contributed by atoms with Crippen molar-refractivity contribution in [3.05, 3.63) is 71.8 Å². The zero-order valence-corrected chi connectivity index (χ0v) is 16.9. The van der Waals surface area contributed by atoms with Gasteiger partial charge in [0.15, 0.2) is 0 Å². The summed E-state index contributed by atoms with van der Waals surface area (Å²) in [7, 11) is 0. The van der Waals surface area contributed by atoms with E-state index in [1.54, 1.807) is 0 Å². The molecule has 2 nitrogen and oxygen atoms in total. The summed E-state index contributed by atoms with van der Waals surface area (Å²) in [5.41, 5.74) is 2.73. The van der Waals surface area contributed by atoms with Crippen molar-refractivity contribution in [3.63, 3.8) is 0 Å². The summed E-state index contributed by atoms with van der Waals surface area (Å²) in [6.45, 7) is 4.95. The maximum atomic E-state index is 3.66. The molecule has 2 atom stereocenters. The Morgan fingerprint density at radius 2 is 1.57 bits per heavy atom. The summed E-state index contributed by atoms with van der Waals surface area (Å²) in [5.74, 6) is 7.18. The minimum Gasteiger partial charge on any atom is -0.302 e. The Labute approximate surface area is 170 Å². The molecule has 2 saturated heterocycles. The minimum absolute atomic E-state index is 0.229. The highest BCUT2D eigenvalue weighted by Crippen LogP contribution is 2.30. The second kappa shape index (κ2) is 9.92. The number of hydrogen-bond acceptors (Lipinski definition) is 2. The third-order valence-electron chi connectivity index (χ3n) is 6.16. The van der Waals surface area contributed by atoms with Crippen LogP contribution in [0, 0.1) is 11.8 Å². The Balaban J connectivity index is 1.46. The molecule has 0 N–H and O–H groups in total. The number of nitrogens with zero attached hydrogens (tertiary/aromatic N) is 2. The van der Waals surface area contributed by atoms with Gasteiger partial charge < -0.3 is 4.90 Å². The standard InChI is InChI=1S/C26H32N2/c1-3-12-23(13-4-1)14-7-8-18-26(24-15-5-2-6-16-24)28-21-11-17-25(28)22-27-19-9-10-20-27/h1-6,12-13,15-16,25-26H,7,9-11,14,17,19-22H2. The van der Waals surface area contributed by atoms with E-state index in [0.717, 1.165) is 12.8 Å². The van der Waals surface area contributed by atoms with E-state index >= 15 is 0 Å². The Kier molecular flexibility index (Phi) is 6.82. The van der Waals surface area contributed by atoms with Crippen LogP contribution in [0.25, 0.3) is 0 Å². The monoisotopic (exact) mass is 372 g/mol. The molecule has 2 fully saturated rings. The molecule has 0 saturated carbocycles. The van der Waals surface area contributed by atoms with Gasteiger partial charge in [0.05, 0.1) is 6.04 Å². The van der Waals surface area contributed by atoms with E-state index in [0.29, 0.717) is 6.04 Å². The predicted octanol–water partition coefficient (Wildman–Crippen LogP) is 4.92. The molecule has 2 unspecified atom stereocenters. The van der Waals surface area contributed by atoms with Crippen molar-refractivity contribution in [2.75, 3.05) is 26.2 Å². The van der Waals surface area contributed by atoms with Crippen molar-refractivity contribution in [1.82, 2.24) is 9.80 Å². The van der Waals surface area contributed by atoms with E-state index in [2.05, 4.69) is 82.3 Å². The minimum atomic E-state index is 0.229. The van der Waals surface area contributed by atoms with Crippen LogP contribution in [0.5, 0.6) is 0 Å². The fourth-order valence-corrected chi connectivity index (χ4v) is 4.67. The summed E-state index contributed by atoms with van der Waals surface area (Å²) >= 11 is 0. The Hall–Kier alpha value is -2.08. The second-order valence-corrected chi connectivity index (χ2v) is 8.16. The Morgan fingerprint density at radius 1 is 0.857 bits per heavy atom. The summed E-state index contributed by atoms with van der Waals surface area (Å²) in [4.78, 5) is 5.34. The molecule has 0 aliphatic carbocycles. The fourth-order valence-electron chi connectivity index (χ4n) is 4.67. The van der Waals surface area contributed by atoms with E-state index in [4.69, 9.17) is 0 Å². The first kappa shape index (κ1) is 19.2. The van der Waals surface area contributed by atoms with Crippen LogP contribution in [0.15, 0.2) is 60.7 Å². The third kappa shape index (κ3) is 5.04. The molecule has 2 aromatic rings. The van der Waals surface area contributed by atoms with Crippen LogP contribution in [-0.2, 0) is 6.42 Å². The first-order valence-corrected chi connectivity index (χ1v) is 11.0. The van der Waals surface area contributed by atoms with Crippen LogP contribution in [0.2, 0.25) is 0 Å². The molecule has 2 heterocycles. The van der Waals surface area contributed by atoms with Crippen molar-refractivity contribution in [1.29, 1.82) is 0 Å². The van der Waals surface area contributed by atoms with Gasteiger partial charge in [-0.1, -0.05) is 66.6 Å². The number of hydrogen-bond donors (Lipinski definition) is 0. The molecule has 2 heteroatoms. The highest BCUT2D eigenvalue weighted by molar-refractivity contribution is 5.28.